The first-order valence-electron chi connectivity index (χ1n) is 7.51. The van der Waals surface area contributed by atoms with Crippen molar-refractivity contribution in [2.75, 3.05) is 0 Å². The van der Waals surface area contributed by atoms with Gasteiger partial charge in [0.2, 0.25) is 5.43 Å². The topological polar surface area (TPSA) is 78.4 Å². The van der Waals surface area contributed by atoms with E-state index in [-0.39, 0.29) is 5.75 Å². The van der Waals surface area contributed by atoms with Gasteiger partial charge in [-0.05, 0) is 52.3 Å². The van der Waals surface area contributed by atoms with Gasteiger partial charge in [0.25, 0.3) is 0 Å². The van der Waals surface area contributed by atoms with E-state index in [1.54, 1.807) is 39.1 Å². The van der Waals surface area contributed by atoms with Gasteiger partial charge in [-0.3, -0.25) is 4.79 Å². The third kappa shape index (κ3) is 4.62. The summed E-state index contributed by atoms with van der Waals surface area (Å²) in [5.74, 6) is 0.580. The predicted molar refractivity (Wildman–Crippen MR) is 90.1 cm³/mol. The number of hydrogen-bond donors (Lipinski definition) is 0. The Morgan fingerprint density at radius 1 is 1.08 bits per heavy atom. The Kier molecular flexibility index (Phi) is 4.97. The molecule has 126 valence electrons. The van der Waals surface area contributed by atoms with Gasteiger partial charge < -0.3 is 9.47 Å². The molecule has 1 heterocycles. The van der Waals surface area contributed by atoms with Crippen LogP contribution in [0.15, 0.2) is 35.3 Å². The minimum absolute atomic E-state index is 0.0961. The molecule has 0 fully saturated rings. The minimum Gasteiger partial charge on any atom is -0.428 e. The second-order valence-corrected chi connectivity index (χ2v) is 6.33. The summed E-state index contributed by atoms with van der Waals surface area (Å²) in [6.45, 7) is 8.83. The molecule has 2 aromatic rings. The fourth-order valence-electron chi connectivity index (χ4n) is 2.04. The summed E-state index contributed by atoms with van der Waals surface area (Å²) in [7, 11) is 0. The van der Waals surface area contributed by atoms with Crippen LogP contribution >= 0.6 is 0 Å². The summed E-state index contributed by atoms with van der Waals surface area (Å²) >= 11 is 0. The lowest BCUT2D eigenvalue weighted by atomic mass is 10.1. The van der Waals surface area contributed by atoms with E-state index < -0.39 is 17.2 Å². The molecule has 0 bridgehead atoms. The number of hydrogen-bond acceptors (Lipinski definition) is 6. The summed E-state index contributed by atoms with van der Waals surface area (Å²) in [6.07, 6.45) is 0.786. The molecular weight excluding hydrogens is 308 g/mol. The highest BCUT2D eigenvalue weighted by molar-refractivity contribution is 5.66. The van der Waals surface area contributed by atoms with Crippen LogP contribution in [0, 0.1) is 13.8 Å². The van der Waals surface area contributed by atoms with Gasteiger partial charge in [-0.1, -0.05) is 12.1 Å². The van der Waals surface area contributed by atoms with E-state index in [1.807, 2.05) is 13.8 Å². The number of carbonyl (C=O) groups is 1. The average molecular weight is 328 g/mol. The molecule has 0 atom stereocenters. The van der Waals surface area contributed by atoms with Crippen LogP contribution in [-0.2, 0) is 4.74 Å². The summed E-state index contributed by atoms with van der Waals surface area (Å²) in [6, 6.07) is 6.11. The zero-order valence-corrected chi connectivity index (χ0v) is 14.4. The lowest BCUT2D eigenvalue weighted by Gasteiger charge is -2.18. The third-order valence-electron chi connectivity index (χ3n) is 3.06. The van der Waals surface area contributed by atoms with Crippen molar-refractivity contribution < 1.29 is 14.3 Å². The molecule has 24 heavy (non-hydrogen) atoms. The molecule has 0 saturated heterocycles. The second-order valence-electron chi connectivity index (χ2n) is 6.33. The van der Waals surface area contributed by atoms with Gasteiger partial charge in [-0.15, -0.1) is 0 Å². The molecule has 1 aromatic carbocycles. The molecule has 0 radical (unpaired) electrons. The number of ether oxygens (including phenoxy) is 2. The summed E-state index contributed by atoms with van der Waals surface area (Å²) < 4.78 is 10.1. The van der Waals surface area contributed by atoms with E-state index in [2.05, 4.69) is 9.97 Å². The SMILES string of the molecule is Cc1ncc(-c2ccc(OC(=O)OC(C)(C)C)c(=O)cc2)c(C)n1. The molecule has 0 saturated carbocycles. The van der Waals surface area contributed by atoms with Crippen LogP contribution in [-0.4, -0.2) is 21.7 Å². The first-order chi connectivity index (χ1) is 11.2. The van der Waals surface area contributed by atoms with E-state index in [0.717, 1.165) is 16.8 Å². The molecule has 0 spiro atoms. The van der Waals surface area contributed by atoms with Crippen molar-refractivity contribution in [3.05, 3.63) is 52.2 Å². The first kappa shape index (κ1) is 17.6. The maximum atomic E-state index is 12.1. The van der Waals surface area contributed by atoms with E-state index in [0.29, 0.717) is 5.82 Å². The molecule has 6 heteroatoms. The van der Waals surface area contributed by atoms with Gasteiger partial charge in [0, 0.05) is 17.5 Å². The lowest BCUT2D eigenvalue weighted by molar-refractivity contribution is 0.0204. The van der Waals surface area contributed by atoms with Crippen molar-refractivity contribution in [3.8, 4) is 16.9 Å². The lowest BCUT2D eigenvalue weighted by Crippen LogP contribution is -2.26. The molecule has 6 nitrogen and oxygen atoms in total. The monoisotopic (exact) mass is 328 g/mol. The summed E-state index contributed by atoms with van der Waals surface area (Å²) in [5.41, 5.74) is 1.25. The number of carbonyl (C=O) groups excluding carboxylic acids is 1. The van der Waals surface area contributed by atoms with E-state index in [4.69, 9.17) is 9.47 Å². The molecule has 0 N–H and O–H groups in total. The Bertz CT molecular complexity index is 826. The van der Waals surface area contributed by atoms with E-state index in [1.165, 1.54) is 12.1 Å². The van der Waals surface area contributed by atoms with Crippen LogP contribution in [0.25, 0.3) is 11.1 Å². The summed E-state index contributed by atoms with van der Waals surface area (Å²) in [5, 5.41) is 0. The van der Waals surface area contributed by atoms with Crippen molar-refractivity contribution in [3.63, 3.8) is 0 Å². The molecule has 2 rings (SSSR count). The maximum absolute atomic E-state index is 12.1. The van der Waals surface area contributed by atoms with Gasteiger partial charge in [0.15, 0.2) is 5.75 Å². The number of rotatable bonds is 2. The fourth-order valence-corrected chi connectivity index (χ4v) is 2.04. The molecule has 0 aliphatic heterocycles. The smallest absolute Gasteiger partial charge is 0.428 e. The Morgan fingerprint density at radius 3 is 2.38 bits per heavy atom. The zero-order chi connectivity index (χ0) is 17.9. The van der Waals surface area contributed by atoms with Crippen molar-refractivity contribution >= 4 is 6.16 Å². The normalized spacial score (nSPS) is 11.0. The van der Waals surface area contributed by atoms with Crippen LogP contribution in [0.1, 0.15) is 32.3 Å². The molecule has 1 aromatic heterocycles. The van der Waals surface area contributed by atoms with Crippen molar-refractivity contribution in [1.29, 1.82) is 0 Å². The summed E-state index contributed by atoms with van der Waals surface area (Å²) in [4.78, 5) is 32.3. The van der Waals surface area contributed by atoms with Crippen molar-refractivity contribution in [2.24, 2.45) is 0 Å². The van der Waals surface area contributed by atoms with Gasteiger partial charge in [0.05, 0.1) is 0 Å². The highest BCUT2D eigenvalue weighted by Crippen LogP contribution is 2.21. The number of nitrogens with zero attached hydrogens (tertiary/aromatic N) is 2. The van der Waals surface area contributed by atoms with Gasteiger partial charge in [-0.2, -0.15) is 0 Å². The van der Waals surface area contributed by atoms with Crippen molar-refractivity contribution in [2.45, 2.75) is 40.2 Å². The van der Waals surface area contributed by atoms with Crippen LogP contribution in [0.4, 0.5) is 4.79 Å². The van der Waals surface area contributed by atoms with Crippen LogP contribution in [0.2, 0.25) is 0 Å². The molecule has 0 unspecified atom stereocenters. The quantitative estimate of drug-likeness (QED) is 0.786. The molecular formula is C18H20N2O4. The van der Waals surface area contributed by atoms with Gasteiger partial charge in [-0.25, -0.2) is 14.8 Å². The van der Waals surface area contributed by atoms with E-state index in [9.17, 15) is 9.59 Å². The largest absolute Gasteiger partial charge is 0.514 e. The number of aryl methyl sites for hydroxylation is 2. The second kappa shape index (κ2) is 6.78. The third-order valence-corrected chi connectivity index (χ3v) is 3.06. The van der Waals surface area contributed by atoms with Gasteiger partial charge >= 0.3 is 6.16 Å². The Balaban J connectivity index is 2.33. The van der Waals surface area contributed by atoms with Crippen LogP contribution in [0.5, 0.6) is 5.75 Å². The van der Waals surface area contributed by atoms with Crippen molar-refractivity contribution in [1.82, 2.24) is 9.97 Å². The molecule has 0 aliphatic rings. The Labute approximate surface area is 140 Å². The maximum Gasteiger partial charge on any atom is 0.514 e. The van der Waals surface area contributed by atoms with Crippen LogP contribution in [0.3, 0.4) is 0 Å². The van der Waals surface area contributed by atoms with E-state index >= 15 is 0 Å². The first-order valence-corrected chi connectivity index (χ1v) is 7.51. The average Bonchev–Trinajstić information content (AvgIpc) is 2.60. The standard InChI is InChI=1S/C18H20N2O4/c1-11-14(10-19-12(2)20-11)13-6-8-15(21)16(9-7-13)23-17(22)24-18(3,4)5/h6-10H,1-5H3. The highest BCUT2D eigenvalue weighted by Gasteiger charge is 2.18. The van der Waals surface area contributed by atoms with Crippen LogP contribution < -0.4 is 10.2 Å². The molecule has 0 aliphatic carbocycles. The van der Waals surface area contributed by atoms with Gasteiger partial charge in [0.1, 0.15) is 11.4 Å². The zero-order valence-electron chi connectivity index (χ0n) is 14.4. The molecule has 0 amide bonds. The Morgan fingerprint density at radius 2 is 1.75 bits per heavy atom. The highest BCUT2D eigenvalue weighted by atomic mass is 16.7. The Hall–Kier alpha value is -2.76. The predicted octanol–water partition coefficient (Wildman–Crippen LogP) is 3.43. The fraction of sp³-hybridized carbons (Fsp3) is 0.333. The number of aromatic nitrogens is 2. The minimum atomic E-state index is -0.915.